The average molecular weight is 480 g/mol. The molecule has 8 heteroatoms. The molecule has 2 aromatic carbocycles. The Morgan fingerprint density at radius 1 is 1.12 bits per heavy atom. The number of anilines is 1. The number of fused-ring (bicyclic) bond motifs is 1. The summed E-state index contributed by atoms with van der Waals surface area (Å²) in [6.45, 7) is 6.88. The molecular formula is C25H25N3O3S2. The van der Waals surface area contributed by atoms with E-state index in [2.05, 4.69) is 5.32 Å². The Balaban J connectivity index is 1.57. The number of carbonyl (C=O) groups excluding carboxylic acids is 1. The van der Waals surface area contributed by atoms with Crippen LogP contribution in [-0.4, -0.2) is 27.8 Å². The number of hydrogen-bond acceptors (Lipinski definition) is 6. The predicted molar refractivity (Wildman–Crippen MR) is 136 cm³/mol. The van der Waals surface area contributed by atoms with E-state index in [1.54, 1.807) is 16.7 Å². The van der Waals surface area contributed by atoms with Crippen LogP contribution in [-0.2, 0) is 11.3 Å². The van der Waals surface area contributed by atoms with Gasteiger partial charge in [-0.25, -0.2) is 4.98 Å². The summed E-state index contributed by atoms with van der Waals surface area (Å²) < 4.78 is 7.11. The highest BCUT2D eigenvalue weighted by Gasteiger charge is 2.18. The van der Waals surface area contributed by atoms with Gasteiger partial charge in [-0.2, -0.15) is 0 Å². The molecule has 0 aliphatic carbocycles. The van der Waals surface area contributed by atoms with Crippen molar-refractivity contribution >= 4 is 44.9 Å². The molecule has 170 valence electrons. The van der Waals surface area contributed by atoms with E-state index in [1.165, 1.54) is 23.1 Å². The van der Waals surface area contributed by atoms with Crippen molar-refractivity contribution < 1.29 is 9.53 Å². The van der Waals surface area contributed by atoms with Crippen LogP contribution in [0.1, 0.15) is 22.9 Å². The molecule has 1 N–H and O–H groups in total. The van der Waals surface area contributed by atoms with Gasteiger partial charge in [0, 0.05) is 10.6 Å². The van der Waals surface area contributed by atoms with Crippen molar-refractivity contribution in [3.63, 3.8) is 0 Å². The Morgan fingerprint density at radius 2 is 1.85 bits per heavy atom. The molecule has 6 nitrogen and oxygen atoms in total. The monoisotopic (exact) mass is 479 g/mol. The number of aryl methyl sites for hydroxylation is 2. The van der Waals surface area contributed by atoms with Crippen LogP contribution in [0.4, 0.5) is 5.69 Å². The lowest BCUT2D eigenvalue weighted by Gasteiger charge is -2.13. The van der Waals surface area contributed by atoms with E-state index in [0.29, 0.717) is 34.2 Å². The standard InChI is InChI=1S/C25H25N3O3S2/c1-4-31-20-12-10-19(11-13-20)26-21(29)15-32-25-27-23-22(16(2)17(3)33-23)24(30)28(25)14-18-8-6-5-7-9-18/h5-13H,4,14-15H2,1-3H3,(H,26,29). The minimum absolute atomic E-state index is 0.0693. The number of hydrogen-bond donors (Lipinski definition) is 1. The van der Waals surface area contributed by atoms with Crippen molar-refractivity contribution in [1.29, 1.82) is 0 Å². The van der Waals surface area contributed by atoms with Gasteiger partial charge in [-0.15, -0.1) is 11.3 Å². The second kappa shape index (κ2) is 10.2. The van der Waals surface area contributed by atoms with Gasteiger partial charge in [-0.1, -0.05) is 42.1 Å². The third-order valence-electron chi connectivity index (χ3n) is 5.22. The zero-order chi connectivity index (χ0) is 23.4. The van der Waals surface area contributed by atoms with Crippen LogP contribution in [0, 0.1) is 13.8 Å². The first-order valence-electron chi connectivity index (χ1n) is 10.7. The molecule has 0 radical (unpaired) electrons. The van der Waals surface area contributed by atoms with Gasteiger partial charge in [0.15, 0.2) is 5.16 Å². The Hall–Kier alpha value is -3.10. The zero-order valence-electron chi connectivity index (χ0n) is 18.8. The van der Waals surface area contributed by atoms with Crippen LogP contribution in [0.25, 0.3) is 10.2 Å². The third-order valence-corrected chi connectivity index (χ3v) is 7.30. The van der Waals surface area contributed by atoms with E-state index < -0.39 is 0 Å². The van der Waals surface area contributed by atoms with Gasteiger partial charge in [0.1, 0.15) is 10.6 Å². The molecule has 0 atom stereocenters. The maximum absolute atomic E-state index is 13.4. The Labute approximate surface area is 200 Å². The molecule has 4 rings (SSSR count). The number of aromatic nitrogens is 2. The number of thioether (sulfide) groups is 1. The second-order valence-electron chi connectivity index (χ2n) is 7.53. The summed E-state index contributed by atoms with van der Waals surface area (Å²) in [4.78, 5) is 32.6. The molecule has 4 aromatic rings. The number of nitrogens with zero attached hydrogens (tertiary/aromatic N) is 2. The van der Waals surface area contributed by atoms with Crippen molar-refractivity contribution in [2.45, 2.75) is 32.5 Å². The molecule has 0 saturated heterocycles. The quantitative estimate of drug-likeness (QED) is 0.276. The second-order valence-corrected chi connectivity index (χ2v) is 9.67. The maximum atomic E-state index is 13.4. The van der Waals surface area contributed by atoms with Crippen LogP contribution in [0.15, 0.2) is 64.5 Å². The van der Waals surface area contributed by atoms with Crippen LogP contribution in [0.5, 0.6) is 5.75 Å². The van der Waals surface area contributed by atoms with Crippen LogP contribution in [0.3, 0.4) is 0 Å². The third kappa shape index (κ3) is 5.29. The van der Waals surface area contributed by atoms with Gasteiger partial charge in [-0.3, -0.25) is 14.2 Å². The first kappa shape index (κ1) is 23.1. The lowest BCUT2D eigenvalue weighted by molar-refractivity contribution is -0.113. The summed E-state index contributed by atoms with van der Waals surface area (Å²) in [6, 6.07) is 17.1. The van der Waals surface area contributed by atoms with Gasteiger partial charge in [0.2, 0.25) is 5.91 Å². The fourth-order valence-electron chi connectivity index (χ4n) is 3.45. The van der Waals surface area contributed by atoms with E-state index in [0.717, 1.165) is 21.8 Å². The number of amides is 1. The fourth-order valence-corrected chi connectivity index (χ4v) is 5.32. The molecule has 33 heavy (non-hydrogen) atoms. The smallest absolute Gasteiger partial charge is 0.263 e. The number of benzene rings is 2. The van der Waals surface area contributed by atoms with Gasteiger partial charge >= 0.3 is 0 Å². The van der Waals surface area contributed by atoms with Gasteiger partial charge in [0.05, 0.1) is 24.3 Å². The van der Waals surface area contributed by atoms with E-state index in [9.17, 15) is 9.59 Å². The van der Waals surface area contributed by atoms with Crippen molar-refractivity contribution in [2.24, 2.45) is 0 Å². The topological polar surface area (TPSA) is 73.2 Å². The summed E-state index contributed by atoms with van der Waals surface area (Å²) in [7, 11) is 0. The van der Waals surface area contributed by atoms with Crippen molar-refractivity contribution in [1.82, 2.24) is 9.55 Å². The zero-order valence-corrected chi connectivity index (χ0v) is 20.4. The molecule has 0 aliphatic rings. The van der Waals surface area contributed by atoms with Crippen molar-refractivity contribution in [3.8, 4) is 5.75 Å². The molecule has 0 aliphatic heterocycles. The summed E-state index contributed by atoms with van der Waals surface area (Å²) in [6.07, 6.45) is 0. The normalized spacial score (nSPS) is 11.0. The SMILES string of the molecule is CCOc1ccc(NC(=O)CSc2nc3sc(C)c(C)c3c(=O)n2Cc2ccccc2)cc1. The molecule has 2 heterocycles. The van der Waals surface area contributed by atoms with Crippen molar-refractivity contribution in [2.75, 3.05) is 17.7 Å². The van der Waals surface area contributed by atoms with Gasteiger partial charge in [-0.05, 0) is 56.2 Å². The van der Waals surface area contributed by atoms with E-state index in [4.69, 9.17) is 9.72 Å². The predicted octanol–water partition coefficient (Wildman–Crippen LogP) is 5.25. The molecule has 0 unspecified atom stereocenters. The lowest BCUT2D eigenvalue weighted by atomic mass is 10.2. The largest absolute Gasteiger partial charge is 0.494 e. The van der Waals surface area contributed by atoms with E-state index in [-0.39, 0.29) is 17.2 Å². The number of rotatable bonds is 8. The summed E-state index contributed by atoms with van der Waals surface area (Å²) in [5.74, 6) is 0.737. The minimum atomic E-state index is -0.164. The highest BCUT2D eigenvalue weighted by Crippen LogP contribution is 2.29. The Bertz CT molecular complexity index is 1330. The molecule has 0 bridgehead atoms. The average Bonchev–Trinajstić information content (AvgIpc) is 3.10. The summed E-state index contributed by atoms with van der Waals surface area (Å²) in [5, 5.41) is 4.09. The van der Waals surface area contributed by atoms with Crippen LogP contribution < -0.4 is 15.6 Å². The number of ether oxygens (including phenoxy) is 1. The van der Waals surface area contributed by atoms with E-state index in [1.807, 2.05) is 63.2 Å². The lowest BCUT2D eigenvalue weighted by Crippen LogP contribution is -2.24. The first-order valence-corrected chi connectivity index (χ1v) is 12.5. The molecule has 2 aromatic heterocycles. The molecule has 0 fully saturated rings. The number of carbonyl (C=O) groups is 1. The Kier molecular flexibility index (Phi) is 7.15. The first-order chi connectivity index (χ1) is 16.0. The van der Waals surface area contributed by atoms with Crippen LogP contribution in [0.2, 0.25) is 0 Å². The summed E-state index contributed by atoms with van der Waals surface area (Å²) >= 11 is 2.78. The molecular weight excluding hydrogens is 454 g/mol. The maximum Gasteiger partial charge on any atom is 0.263 e. The highest BCUT2D eigenvalue weighted by atomic mass is 32.2. The highest BCUT2D eigenvalue weighted by molar-refractivity contribution is 7.99. The van der Waals surface area contributed by atoms with Gasteiger partial charge in [0.25, 0.3) is 5.56 Å². The summed E-state index contributed by atoms with van der Waals surface area (Å²) in [5.41, 5.74) is 2.60. The minimum Gasteiger partial charge on any atom is -0.494 e. The molecule has 0 spiro atoms. The number of nitrogens with one attached hydrogen (secondary N) is 1. The number of thiophene rings is 1. The Morgan fingerprint density at radius 3 is 2.55 bits per heavy atom. The van der Waals surface area contributed by atoms with Crippen LogP contribution >= 0.6 is 23.1 Å². The fraction of sp³-hybridized carbons (Fsp3) is 0.240. The molecule has 1 amide bonds. The van der Waals surface area contributed by atoms with E-state index >= 15 is 0 Å². The molecule has 0 saturated carbocycles. The van der Waals surface area contributed by atoms with Gasteiger partial charge < -0.3 is 10.1 Å². The van der Waals surface area contributed by atoms with Crippen molar-refractivity contribution in [3.05, 3.63) is 81.0 Å².